The molecule has 2 aromatic rings. The lowest BCUT2D eigenvalue weighted by atomic mass is 10.1. The van der Waals surface area contributed by atoms with Gasteiger partial charge in [0, 0.05) is 34.7 Å². The number of hydrogen-bond acceptors (Lipinski definition) is 5. The first kappa shape index (κ1) is 23.1. The zero-order chi connectivity index (χ0) is 22.9. The Hall–Kier alpha value is -2.03. The summed E-state index contributed by atoms with van der Waals surface area (Å²) in [7, 11) is -3.11. The molecule has 0 spiro atoms. The average molecular weight is 492 g/mol. The van der Waals surface area contributed by atoms with Crippen molar-refractivity contribution in [1.29, 1.82) is 0 Å². The van der Waals surface area contributed by atoms with Gasteiger partial charge in [0.1, 0.15) is 0 Å². The minimum atomic E-state index is -3.11. The number of anilines is 2. The van der Waals surface area contributed by atoms with E-state index in [0.29, 0.717) is 10.2 Å². The van der Waals surface area contributed by atoms with Crippen LogP contribution >= 0.6 is 23.4 Å². The highest BCUT2D eigenvalue weighted by Crippen LogP contribution is 2.41. The van der Waals surface area contributed by atoms with E-state index in [1.807, 2.05) is 47.4 Å². The summed E-state index contributed by atoms with van der Waals surface area (Å²) in [5, 5.41) is 0.962. The Labute approximate surface area is 198 Å². The van der Waals surface area contributed by atoms with Gasteiger partial charge in [-0.15, -0.1) is 0 Å². The number of fused-ring (bicyclic) bond motifs is 1. The first-order chi connectivity index (χ1) is 15.3. The van der Waals surface area contributed by atoms with Gasteiger partial charge in [-0.05, 0) is 49.7 Å². The molecular formula is C23H26ClN3O3S2. The molecule has 0 saturated carbocycles. The predicted molar refractivity (Wildman–Crippen MR) is 134 cm³/mol. The monoisotopic (exact) mass is 491 g/mol. The normalized spacial score (nSPS) is 22.8. The minimum Gasteiger partial charge on any atom is -0.372 e. The van der Waals surface area contributed by atoms with Crippen LogP contribution < -0.4 is 9.80 Å². The molecule has 1 amide bonds. The van der Waals surface area contributed by atoms with Crippen LogP contribution in [0.3, 0.4) is 0 Å². The van der Waals surface area contributed by atoms with Crippen molar-refractivity contribution >= 4 is 55.6 Å². The van der Waals surface area contributed by atoms with E-state index in [4.69, 9.17) is 11.6 Å². The second-order valence-corrected chi connectivity index (χ2v) is 11.7. The highest BCUT2D eigenvalue weighted by atomic mass is 35.5. The second kappa shape index (κ2) is 9.45. The van der Waals surface area contributed by atoms with E-state index in [9.17, 15) is 13.2 Å². The summed E-state index contributed by atoms with van der Waals surface area (Å²) in [6, 6.07) is 15.0. The van der Waals surface area contributed by atoms with Crippen LogP contribution in [0.5, 0.6) is 0 Å². The molecule has 2 atom stereocenters. The molecule has 2 heterocycles. The molecule has 2 saturated heterocycles. The fraction of sp³-hybridized carbons (Fsp3) is 0.391. The summed E-state index contributed by atoms with van der Waals surface area (Å²) < 4.78 is 24.6. The lowest BCUT2D eigenvalue weighted by Gasteiger charge is -2.26. The number of amidine groups is 1. The molecule has 0 aliphatic carbocycles. The van der Waals surface area contributed by atoms with E-state index < -0.39 is 9.84 Å². The number of rotatable bonds is 6. The maximum Gasteiger partial charge on any atom is 0.252 e. The van der Waals surface area contributed by atoms with Crippen molar-refractivity contribution < 1.29 is 13.2 Å². The maximum absolute atomic E-state index is 12.8. The number of aliphatic imine (C=N–C) groups is 1. The van der Waals surface area contributed by atoms with Crippen molar-refractivity contribution in [3.8, 4) is 0 Å². The number of hydrogen-bond donors (Lipinski definition) is 0. The molecule has 32 heavy (non-hydrogen) atoms. The van der Waals surface area contributed by atoms with E-state index >= 15 is 0 Å². The summed E-state index contributed by atoms with van der Waals surface area (Å²) in [5.41, 5.74) is 2.68. The van der Waals surface area contributed by atoms with Crippen LogP contribution in [0, 0.1) is 0 Å². The van der Waals surface area contributed by atoms with Gasteiger partial charge in [0.05, 0.1) is 24.0 Å². The number of benzene rings is 2. The van der Waals surface area contributed by atoms with Gasteiger partial charge in [0.25, 0.3) is 5.91 Å². The van der Waals surface area contributed by atoms with Gasteiger partial charge in [-0.25, -0.2) is 8.42 Å². The van der Waals surface area contributed by atoms with Gasteiger partial charge in [-0.1, -0.05) is 41.6 Å². The van der Waals surface area contributed by atoms with E-state index in [2.05, 4.69) is 23.7 Å². The molecule has 2 fully saturated rings. The van der Waals surface area contributed by atoms with Crippen molar-refractivity contribution in [2.24, 2.45) is 4.99 Å². The number of halogens is 1. The molecule has 170 valence electrons. The van der Waals surface area contributed by atoms with Crippen molar-refractivity contribution in [3.05, 3.63) is 59.1 Å². The third-order valence-electron chi connectivity index (χ3n) is 5.84. The topological polar surface area (TPSA) is 70.0 Å². The molecule has 0 aromatic heterocycles. The van der Waals surface area contributed by atoms with Gasteiger partial charge in [0.15, 0.2) is 15.0 Å². The molecule has 2 aromatic carbocycles. The number of nitrogens with zero attached hydrogens (tertiary/aromatic N) is 3. The van der Waals surface area contributed by atoms with Crippen LogP contribution in [-0.4, -0.2) is 55.4 Å². The van der Waals surface area contributed by atoms with E-state index in [0.717, 1.165) is 30.0 Å². The predicted octanol–water partition coefficient (Wildman–Crippen LogP) is 4.03. The minimum absolute atomic E-state index is 0.0696. The third-order valence-corrected chi connectivity index (χ3v) is 9.42. The van der Waals surface area contributed by atoms with E-state index in [1.54, 1.807) is 6.07 Å². The van der Waals surface area contributed by atoms with Gasteiger partial charge in [0.2, 0.25) is 0 Å². The Morgan fingerprint density at radius 1 is 1.12 bits per heavy atom. The zero-order valence-corrected chi connectivity index (χ0v) is 20.5. The van der Waals surface area contributed by atoms with Gasteiger partial charge >= 0.3 is 0 Å². The highest BCUT2D eigenvalue weighted by molar-refractivity contribution is 8.16. The average Bonchev–Trinajstić information content (AvgIpc) is 3.22. The molecule has 2 aliphatic rings. The van der Waals surface area contributed by atoms with Crippen LogP contribution in [0.1, 0.15) is 19.4 Å². The SMILES string of the molecule is CCN(CC)c1ccc(N2C(=NC(=O)Cc3ccccc3Cl)S[C@H]3CS(=O)(=O)C[C@H]32)cc1. The summed E-state index contributed by atoms with van der Waals surface area (Å²) >= 11 is 7.58. The van der Waals surface area contributed by atoms with Crippen LogP contribution in [-0.2, 0) is 21.1 Å². The Bertz CT molecular complexity index is 1130. The molecule has 0 N–H and O–H groups in total. The van der Waals surface area contributed by atoms with Crippen LogP contribution in [0.25, 0.3) is 0 Å². The highest BCUT2D eigenvalue weighted by Gasteiger charge is 2.49. The lowest BCUT2D eigenvalue weighted by Crippen LogP contribution is -2.37. The van der Waals surface area contributed by atoms with Crippen molar-refractivity contribution in [2.45, 2.75) is 31.6 Å². The Morgan fingerprint density at radius 3 is 2.47 bits per heavy atom. The smallest absolute Gasteiger partial charge is 0.252 e. The van der Waals surface area contributed by atoms with Gasteiger partial charge in [-0.2, -0.15) is 4.99 Å². The molecule has 0 bridgehead atoms. The number of carbonyl (C=O) groups is 1. The summed E-state index contributed by atoms with van der Waals surface area (Å²) in [6.07, 6.45) is 0.103. The molecule has 6 nitrogen and oxygen atoms in total. The van der Waals surface area contributed by atoms with E-state index in [1.165, 1.54) is 11.8 Å². The number of amides is 1. The van der Waals surface area contributed by atoms with Crippen molar-refractivity contribution in [2.75, 3.05) is 34.4 Å². The first-order valence-corrected chi connectivity index (χ1v) is 13.8. The third kappa shape index (κ3) is 4.82. The van der Waals surface area contributed by atoms with Gasteiger partial charge < -0.3 is 9.80 Å². The zero-order valence-electron chi connectivity index (χ0n) is 18.1. The molecule has 2 aliphatic heterocycles. The molecule has 4 rings (SSSR count). The molecular weight excluding hydrogens is 466 g/mol. The molecule has 0 unspecified atom stereocenters. The fourth-order valence-corrected chi connectivity index (χ4v) is 8.36. The largest absolute Gasteiger partial charge is 0.372 e. The number of thioether (sulfide) groups is 1. The fourth-order valence-electron chi connectivity index (χ4n) is 4.23. The lowest BCUT2D eigenvalue weighted by molar-refractivity contribution is -0.117. The second-order valence-electron chi connectivity index (χ2n) is 7.92. The number of carbonyl (C=O) groups excluding carboxylic acids is 1. The number of sulfone groups is 1. The van der Waals surface area contributed by atoms with E-state index in [-0.39, 0.29) is 35.1 Å². The Morgan fingerprint density at radius 2 is 1.81 bits per heavy atom. The summed E-state index contributed by atoms with van der Waals surface area (Å²) in [4.78, 5) is 21.3. The quantitative estimate of drug-likeness (QED) is 0.607. The summed E-state index contributed by atoms with van der Waals surface area (Å²) in [5.74, 6) is -0.123. The standard InChI is InChI=1S/C23H26ClN3O3S2/c1-3-26(4-2)17-9-11-18(12-10-17)27-20-14-32(29,30)15-21(20)31-23(27)25-22(28)13-16-7-5-6-8-19(16)24/h5-12,20-21H,3-4,13-15H2,1-2H3/t20-,21+/m1/s1. The van der Waals surface area contributed by atoms with Crippen LogP contribution in [0.15, 0.2) is 53.5 Å². The first-order valence-electron chi connectivity index (χ1n) is 10.7. The summed E-state index contributed by atoms with van der Waals surface area (Å²) in [6.45, 7) is 6.03. The van der Waals surface area contributed by atoms with Crippen molar-refractivity contribution in [1.82, 2.24) is 0 Å². The maximum atomic E-state index is 12.8. The molecule has 0 radical (unpaired) electrons. The van der Waals surface area contributed by atoms with Crippen LogP contribution in [0.2, 0.25) is 5.02 Å². The van der Waals surface area contributed by atoms with Gasteiger partial charge in [-0.3, -0.25) is 4.79 Å². The Kier molecular flexibility index (Phi) is 6.83. The van der Waals surface area contributed by atoms with Crippen molar-refractivity contribution in [3.63, 3.8) is 0 Å². The Balaban J connectivity index is 1.63. The molecule has 9 heteroatoms. The van der Waals surface area contributed by atoms with Crippen LogP contribution in [0.4, 0.5) is 11.4 Å².